The number of halogens is 1. The molecule has 230 valence electrons. The van der Waals surface area contributed by atoms with Gasteiger partial charge in [0.05, 0.1) is 31.6 Å². The lowest BCUT2D eigenvalue weighted by molar-refractivity contribution is 0.0727. The minimum Gasteiger partial charge on any atom is -0.490 e. The number of aromatic nitrogens is 1. The van der Waals surface area contributed by atoms with Gasteiger partial charge in [-0.1, -0.05) is 46.3 Å². The summed E-state index contributed by atoms with van der Waals surface area (Å²) in [6.07, 6.45) is 1.49. The molecular weight excluding hydrogens is 638 g/mol. The van der Waals surface area contributed by atoms with E-state index >= 15 is 0 Å². The Hall–Kier alpha value is -5.09. The number of esters is 1. The standard InChI is InChI=1S/C35H32BrN3O6/c1-4-42-28-17-13-24(19-31(28)44-6-3)35(41)45-29-16-12-22(18-30(29)43-5-2)21-37-39-34(40)33-32(23-10-8-7-9-11-23)26-20-25(36)14-15-27(26)38-33/h7-21,38H,4-6H2,1-3H3,(H,39,40). The molecule has 0 bridgehead atoms. The molecular formula is C35H32BrN3O6. The molecule has 0 saturated heterocycles. The van der Waals surface area contributed by atoms with E-state index in [0.29, 0.717) is 53.9 Å². The predicted molar refractivity (Wildman–Crippen MR) is 178 cm³/mol. The molecule has 0 atom stereocenters. The van der Waals surface area contributed by atoms with Crippen molar-refractivity contribution in [2.24, 2.45) is 5.10 Å². The third kappa shape index (κ3) is 7.35. The fourth-order valence-corrected chi connectivity index (χ4v) is 5.12. The number of benzene rings is 4. The second-order valence-corrected chi connectivity index (χ2v) is 10.6. The number of hydrogen-bond acceptors (Lipinski definition) is 7. The maximum absolute atomic E-state index is 13.3. The average molecular weight is 671 g/mol. The number of hydrogen-bond donors (Lipinski definition) is 2. The van der Waals surface area contributed by atoms with E-state index < -0.39 is 11.9 Å². The Morgan fingerprint density at radius 3 is 2.22 bits per heavy atom. The van der Waals surface area contributed by atoms with Gasteiger partial charge >= 0.3 is 5.97 Å². The summed E-state index contributed by atoms with van der Waals surface area (Å²) < 4.78 is 23.6. The van der Waals surface area contributed by atoms with Crippen molar-refractivity contribution in [3.63, 3.8) is 0 Å². The Labute approximate surface area is 269 Å². The number of hydrazone groups is 1. The summed E-state index contributed by atoms with van der Waals surface area (Å²) in [5.74, 6) is 0.637. The summed E-state index contributed by atoms with van der Waals surface area (Å²) in [7, 11) is 0. The van der Waals surface area contributed by atoms with Crippen molar-refractivity contribution in [2.75, 3.05) is 19.8 Å². The fraction of sp³-hybridized carbons (Fsp3) is 0.171. The van der Waals surface area contributed by atoms with Gasteiger partial charge in [-0.15, -0.1) is 0 Å². The van der Waals surface area contributed by atoms with Gasteiger partial charge in [0.2, 0.25) is 0 Å². The van der Waals surface area contributed by atoms with Crippen LogP contribution in [0.25, 0.3) is 22.0 Å². The number of carbonyl (C=O) groups is 2. The Morgan fingerprint density at radius 2 is 1.49 bits per heavy atom. The van der Waals surface area contributed by atoms with Crippen LogP contribution in [0.2, 0.25) is 0 Å². The summed E-state index contributed by atoms with van der Waals surface area (Å²) >= 11 is 3.53. The lowest BCUT2D eigenvalue weighted by Gasteiger charge is -2.13. The minimum atomic E-state index is -0.576. The summed E-state index contributed by atoms with van der Waals surface area (Å²) in [6.45, 7) is 6.80. The first-order valence-electron chi connectivity index (χ1n) is 14.5. The van der Waals surface area contributed by atoms with Crippen LogP contribution < -0.4 is 24.4 Å². The maximum atomic E-state index is 13.3. The first-order valence-corrected chi connectivity index (χ1v) is 15.3. The van der Waals surface area contributed by atoms with Crippen molar-refractivity contribution in [3.05, 3.63) is 106 Å². The van der Waals surface area contributed by atoms with Crippen LogP contribution >= 0.6 is 15.9 Å². The van der Waals surface area contributed by atoms with Gasteiger partial charge in [-0.3, -0.25) is 4.79 Å². The average Bonchev–Trinajstić information content (AvgIpc) is 3.42. The number of amides is 1. The van der Waals surface area contributed by atoms with Gasteiger partial charge in [0.1, 0.15) is 5.69 Å². The first kappa shape index (κ1) is 31.3. The van der Waals surface area contributed by atoms with E-state index in [1.54, 1.807) is 36.4 Å². The predicted octanol–water partition coefficient (Wildman–Crippen LogP) is 7.78. The quantitative estimate of drug-likeness (QED) is 0.0607. The fourth-order valence-electron chi connectivity index (χ4n) is 4.75. The molecule has 0 aliphatic rings. The van der Waals surface area contributed by atoms with Gasteiger partial charge in [-0.05, 0) is 86.5 Å². The van der Waals surface area contributed by atoms with Gasteiger partial charge in [-0.25, -0.2) is 10.2 Å². The molecule has 1 aromatic heterocycles. The van der Waals surface area contributed by atoms with Crippen molar-refractivity contribution in [1.82, 2.24) is 10.4 Å². The molecule has 4 aromatic carbocycles. The number of rotatable bonds is 12. The summed E-state index contributed by atoms with van der Waals surface area (Å²) in [5.41, 5.74) is 6.46. The zero-order chi connectivity index (χ0) is 31.8. The highest BCUT2D eigenvalue weighted by molar-refractivity contribution is 9.10. The van der Waals surface area contributed by atoms with Crippen molar-refractivity contribution in [2.45, 2.75) is 20.8 Å². The topological polar surface area (TPSA) is 111 Å². The van der Waals surface area contributed by atoms with E-state index in [1.807, 2.05) is 69.3 Å². The van der Waals surface area contributed by atoms with Gasteiger partial charge in [0.25, 0.3) is 5.91 Å². The summed E-state index contributed by atoms with van der Waals surface area (Å²) in [4.78, 5) is 29.6. The SMILES string of the molecule is CCOc1ccc(C(=O)Oc2ccc(C=NNC(=O)c3[nH]c4ccc(Br)cc4c3-c3ccccc3)cc2OCC)cc1OCC. The zero-order valence-electron chi connectivity index (χ0n) is 25.1. The number of ether oxygens (including phenoxy) is 4. The molecule has 0 fully saturated rings. The third-order valence-corrected chi connectivity index (χ3v) is 7.17. The number of nitrogens with one attached hydrogen (secondary N) is 2. The Bertz CT molecular complexity index is 1850. The summed E-state index contributed by atoms with van der Waals surface area (Å²) in [6, 6.07) is 25.4. The van der Waals surface area contributed by atoms with Gasteiger partial charge in [0.15, 0.2) is 23.0 Å². The van der Waals surface area contributed by atoms with Crippen LogP contribution in [0.5, 0.6) is 23.0 Å². The Balaban J connectivity index is 1.34. The highest BCUT2D eigenvalue weighted by atomic mass is 79.9. The van der Waals surface area contributed by atoms with Gasteiger partial charge in [-0.2, -0.15) is 5.10 Å². The van der Waals surface area contributed by atoms with Crippen LogP contribution in [0, 0.1) is 0 Å². The summed E-state index contributed by atoms with van der Waals surface area (Å²) in [5, 5.41) is 5.10. The minimum absolute atomic E-state index is 0.242. The number of nitrogens with zero attached hydrogens (tertiary/aromatic N) is 1. The molecule has 0 saturated carbocycles. The van der Waals surface area contributed by atoms with Crippen LogP contribution in [0.15, 0.2) is 94.5 Å². The zero-order valence-corrected chi connectivity index (χ0v) is 26.6. The second kappa shape index (κ2) is 14.6. The molecule has 5 rings (SSSR count). The molecule has 10 heteroatoms. The molecule has 0 radical (unpaired) electrons. The first-order chi connectivity index (χ1) is 21.9. The lowest BCUT2D eigenvalue weighted by atomic mass is 10.0. The largest absolute Gasteiger partial charge is 0.490 e. The van der Waals surface area contributed by atoms with E-state index in [2.05, 4.69) is 31.4 Å². The Morgan fingerprint density at radius 1 is 0.800 bits per heavy atom. The molecule has 0 spiro atoms. The van der Waals surface area contributed by atoms with Crippen LogP contribution in [-0.4, -0.2) is 42.9 Å². The second-order valence-electron chi connectivity index (χ2n) is 9.69. The molecule has 9 nitrogen and oxygen atoms in total. The number of aromatic amines is 1. The molecule has 0 unspecified atom stereocenters. The molecule has 45 heavy (non-hydrogen) atoms. The van der Waals surface area contributed by atoms with Crippen molar-refractivity contribution in [3.8, 4) is 34.1 Å². The van der Waals surface area contributed by atoms with Crippen LogP contribution in [0.4, 0.5) is 0 Å². The Kier molecular flexibility index (Phi) is 10.2. The molecule has 0 aliphatic heterocycles. The van der Waals surface area contributed by atoms with Crippen LogP contribution in [0.1, 0.15) is 47.2 Å². The van der Waals surface area contributed by atoms with Crippen molar-refractivity contribution >= 4 is 44.9 Å². The van der Waals surface area contributed by atoms with Crippen molar-refractivity contribution < 1.29 is 28.5 Å². The van der Waals surface area contributed by atoms with Gasteiger partial charge < -0.3 is 23.9 Å². The molecule has 0 aliphatic carbocycles. The normalized spacial score (nSPS) is 11.0. The van der Waals surface area contributed by atoms with E-state index in [9.17, 15) is 9.59 Å². The van der Waals surface area contributed by atoms with Crippen molar-refractivity contribution in [1.29, 1.82) is 0 Å². The van der Waals surface area contributed by atoms with Crippen LogP contribution in [0.3, 0.4) is 0 Å². The van der Waals surface area contributed by atoms with E-state index in [-0.39, 0.29) is 5.75 Å². The van der Waals surface area contributed by atoms with E-state index in [0.717, 1.165) is 26.5 Å². The molecule has 1 amide bonds. The van der Waals surface area contributed by atoms with E-state index in [4.69, 9.17) is 18.9 Å². The molecule has 1 heterocycles. The number of carbonyl (C=O) groups excluding carboxylic acids is 2. The van der Waals surface area contributed by atoms with Gasteiger partial charge in [0, 0.05) is 20.9 Å². The number of fused-ring (bicyclic) bond motifs is 1. The monoisotopic (exact) mass is 669 g/mol. The number of H-pyrrole nitrogens is 1. The highest BCUT2D eigenvalue weighted by Crippen LogP contribution is 2.35. The highest BCUT2D eigenvalue weighted by Gasteiger charge is 2.20. The molecule has 2 N–H and O–H groups in total. The maximum Gasteiger partial charge on any atom is 0.343 e. The molecule has 5 aromatic rings. The lowest BCUT2D eigenvalue weighted by Crippen LogP contribution is -2.18. The smallest absolute Gasteiger partial charge is 0.343 e. The van der Waals surface area contributed by atoms with E-state index in [1.165, 1.54) is 6.21 Å². The van der Waals surface area contributed by atoms with Crippen LogP contribution in [-0.2, 0) is 0 Å². The third-order valence-electron chi connectivity index (χ3n) is 6.68.